The molecule has 0 unspecified atom stereocenters. The Morgan fingerprint density at radius 1 is 0.714 bits per heavy atom. The minimum absolute atomic E-state index is 0.0249. The Kier molecular flexibility index (Phi) is 6.57. The fourth-order valence-corrected chi connectivity index (χ4v) is 4.02. The van der Waals surface area contributed by atoms with Crippen molar-refractivity contribution >= 4 is 11.7 Å². The molecular formula is C28H26N4O3. The zero-order chi connectivity index (χ0) is 24.0. The number of hydrogen-bond acceptors (Lipinski definition) is 6. The van der Waals surface area contributed by atoms with Crippen molar-refractivity contribution in [2.45, 2.75) is 0 Å². The molecule has 1 aliphatic rings. The summed E-state index contributed by atoms with van der Waals surface area (Å²) in [7, 11) is 1.65. The second-order valence-corrected chi connectivity index (χ2v) is 8.22. The van der Waals surface area contributed by atoms with Crippen LogP contribution in [-0.2, 0) is 0 Å². The molecule has 3 aromatic carbocycles. The molecule has 4 aromatic rings. The van der Waals surface area contributed by atoms with Gasteiger partial charge in [-0.05, 0) is 72.8 Å². The first-order valence-corrected chi connectivity index (χ1v) is 11.5. The molecule has 7 heteroatoms. The van der Waals surface area contributed by atoms with Crippen LogP contribution in [0.25, 0.3) is 11.3 Å². The molecule has 0 radical (unpaired) electrons. The number of para-hydroxylation sites is 1. The number of piperazine rings is 1. The summed E-state index contributed by atoms with van der Waals surface area (Å²) in [6.45, 7) is 2.67. The van der Waals surface area contributed by atoms with E-state index >= 15 is 0 Å². The molecule has 1 aliphatic heterocycles. The highest BCUT2D eigenvalue weighted by Crippen LogP contribution is 2.24. The number of methoxy groups -OCH3 is 1. The van der Waals surface area contributed by atoms with Gasteiger partial charge in [-0.2, -0.15) is 0 Å². The highest BCUT2D eigenvalue weighted by Gasteiger charge is 2.23. The Balaban J connectivity index is 1.16. The second-order valence-electron chi connectivity index (χ2n) is 8.22. The topological polar surface area (TPSA) is 67.8 Å². The summed E-state index contributed by atoms with van der Waals surface area (Å²) in [5.41, 5.74) is 2.45. The maximum Gasteiger partial charge on any atom is 0.253 e. The number of aromatic nitrogens is 2. The molecule has 2 heterocycles. The van der Waals surface area contributed by atoms with Gasteiger partial charge in [0.25, 0.3) is 5.91 Å². The van der Waals surface area contributed by atoms with Crippen LogP contribution in [0.2, 0.25) is 0 Å². The molecule has 0 aliphatic carbocycles. The Bertz CT molecular complexity index is 1250. The molecule has 1 saturated heterocycles. The van der Waals surface area contributed by atoms with Crippen molar-refractivity contribution in [3.05, 3.63) is 96.6 Å². The van der Waals surface area contributed by atoms with Crippen LogP contribution in [0.5, 0.6) is 17.2 Å². The first-order valence-electron chi connectivity index (χ1n) is 11.5. The minimum atomic E-state index is 0.0249. The lowest BCUT2D eigenvalue weighted by Gasteiger charge is -2.35. The van der Waals surface area contributed by atoms with E-state index in [1.54, 1.807) is 7.11 Å². The lowest BCUT2D eigenvalue weighted by Crippen LogP contribution is -2.49. The highest BCUT2D eigenvalue weighted by atomic mass is 16.5. The van der Waals surface area contributed by atoms with Gasteiger partial charge in [0, 0.05) is 37.3 Å². The number of ether oxygens (including phenoxy) is 2. The number of carbonyl (C=O) groups excluding carboxylic acids is 1. The highest BCUT2D eigenvalue weighted by molar-refractivity contribution is 5.94. The van der Waals surface area contributed by atoms with Crippen LogP contribution < -0.4 is 14.4 Å². The summed E-state index contributed by atoms with van der Waals surface area (Å²) in [6, 6.07) is 28.6. The van der Waals surface area contributed by atoms with E-state index in [9.17, 15) is 4.79 Å². The number of amides is 1. The summed E-state index contributed by atoms with van der Waals surface area (Å²) < 4.78 is 11.0. The van der Waals surface area contributed by atoms with Crippen LogP contribution in [0.1, 0.15) is 10.4 Å². The molecule has 1 aromatic heterocycles. The molecule has 1 amide bonds. The molecule has 0 spiro atoms. The predicted octanol–water partition coefficient (Wildman–Crippen LogP) is 4.91. The largest absolute Gasteiger partial charge is 0.497 e. The third kappa shape index (κ3) is 5.24. The van der Waals surface area contributed by atoms with Gasteiger partial charge in [-0.3, -0.25) is 4.79 Å². The number of nitrogens with zero attached hydrogens (tertiary/aromatic N) is 4. The summed E-state index contributed by atoms with van der Waals surface area (Å²) in [6.07, 6.45) is 0. The van der Waals surface area contributed by atoms with Gasteiger partial charge in [0.15, 0.2) is 5.82 Å². The van der Waals surface area contributed by atoms with Crippen LogP contribution in [0.15, 0.2) is 91.0 Å². The molecule has 5 rings (SSSR count). The SMILES string of the molecule is COc1ccc(-c2ccc(N3CCN(C(=O)c4ccc(Oc5ccccc5)cc4)CC3)nn2)cc1. The van der Waals surface area contributed by atoms with E-state index in [0.717, 1.165) is 28.6 Å². The Hall–Kier alpha value is -4.39. The molecule has 1 fully saturated rings. The van der Waals surface area contributed by atoms with Crippen molar-refractivity contribution in [3.63, 3.8) is 0 Å². The normalized spacial score (nSPS) is 13.4. The van der Waals surface area contributed by atoms with E-state index in [2.05, 4.69) is 15.1 Å². The van der Waals surface area contributed by atoms with E-state index < -0.39 is 0 Å². The number of rotatable bonds is 6. The Labute approximate surface area is 204 Å². The molecule has 7 nitrogen and oxygen atoms in total. The van der Waals surface area contributed by atoms with E-state index in [0.29, 0.717) is 37.5 Å². The van der Waals surface area contributed by atoms with Crippen molar-refractivity contribution in [3.8, 4) is 28.5 Å². The van der Waals surface area contributed by atoms with Crippen LogP contribution in [-0.4, -0.2) is 54.3 Å². The smallest absolute Gasteiger partial charge is 0.253 e. The molecule has 0 N–H and O–H groups in total. The molecule has 35 heavy (non-hydrogen) atoms. The summed E-state index contributed by atoms with van der Waals surface area (Å²) in [4.78, 5) is 17.0. The second kappa shape index (κ2) is 10.3. The average molecular weight is 467 g/mol. The van der Waals surface area contributed by atoms with Gasteiger partial charge in [0.2, 0.25) is 0 Å². The van der Waals surface area contributed by atoms with Crippen LogP contribution >= 0.6 is 0 Å². The zero-order valence-electron chi connectivity index (χ0n) is 19.5. The number of benzene rings is 3. The van der Waals surface area contributed by atoms with Gasteiger partial charge >= 0.3 is 0 Å². The summed E-state index contributed by atoms with van der Waals surface area (Å²) >= 11 is 0. The number of carbonyl (C=O) groups is 1. The zero-order valence-corrected chi connectivity index (χ0v) is 19.5. The molecular weight excluding hydrogens is 440 g/mol. The number of hydrogen-bond donors (Lipinski definition) is 0. The standard InChI is InChI=1S/C28H26N4O3/c1-34-23-11-7-21(8-12-23)26-15-16-27(30-29-26)31-17-19-32(20-18-31)28(33)22-9-13-25(14-10-22)35-24-5-3-2-4-6-24/h2-16H,17-20H2,1H3. The van der Waals surface area contributed by atoms with Crippen molar-refractivity contribution in [2.24, 2.45) is 0 Å². The van der Waals surface area contributed by atoms with Gasteiger partial charge in [-0.1, -0.05) is 18.2 Å². The van der Waals surface area contributed by atoms with Crippen molar-refractivity contribution in [1.82, 2.24) is 15.1 Å². The fourth-order valence-electron chi connectivity index (χ4n) is 4.02. The lowest BCUT2D eigenvalue weighted by molar-refractivity contribution is 0.0746. The van der Waals surface area contributed by atoms with Gasteiger partial charge in [-0.15, -0.1) is 10.2 Å². The maximum absolute atomic E-state index is 13.0. The Morgan fingerprint density at radius 3 is 2.00 bits per heavy atom. The monoisotopic (exact) mass is 466 g/mol. The first-order chi connectivity index (χ1) is 17.2. The molecule has 0 saturated carbocycles. The third-order valence-corrected chi connectivity index (χ3v) is 6.01. The van der Waals surface area contributed by atoms with Crippen molar-refractivity contribution < 1.29 is 14.3 Å². The molecule has 0 bridgehead atoms. The van der Waals surface area contributed by atoms with Gasteiger partial charge in [-0.25, -0.2) is 0 Å². The van der Waals surface area contributed by atoms with E-state index in [1.165, 1.54) is 0 Å². The summed E-state index contributed by atoms with van der Waals surface area (Å²) in [5, 5.41) is 8.82. The first kappa shape index (κ1) is 22.4. The average Bonchev–Trinajstić information content (AvgIpc) is 2.94. The van der Waals surface area contributed by atoms with Crippen molar-refractivity contribution in [2.75, 3.05) is 38.2 Å². The van der Waals surface area contributed by atoms with Crippen LogP contribution in [0, 0.1) is 0 Å². The number of anilines is 1. The van der Waals surface area contributed by atoms with E-state index in [4.69, 9.17) is 9.47 Å². The minimum Gasteiger partial charge on any atom is -0.497 e. The summed E-state index contributed by atoms with van der Waals surface area (Å²) in [5.74, 6) is 3.12. The van der Waals surface area contributed by atoms with E-state index in [1.807, 2.05) is 95.9 Å². The maximum atomic E-state index is 13.0. The predicted molar refractivity (Wildman–Crippen MR) is 135 cm³/mol. The van der Waals surface area contributed by atoms with Crippen molar-refractivity contribution in [1.29, 1.82) is 0 Å². The van der Waals surface area contributed by atoms with Crippen LogP contribution in [0.4, 0.5) is 5.82 Å². The fraction of sp³-hybridized carbons (Fsp3) is 0.179. The molecule has 176 valence electrons. The van der Waals surface area contributed by atoms with Gasteiger partial charge < -0.3 is 19.3 Å². The van der Waals surface area contributed by atoms with Gasteiger partial charge in [0.05, 0.1) is 12.8 Å². The van der Waals surface area contributed by atoms with Crippen LogP contribution in [0.3, 0.4) is 0 Å². The third-order valence-electron chi connectivity index (χ3n) is 6.01. The van der Waals surface area contributed by atoms with E-state index in [-0.39, 0.29) is 5.91 Å². The van der Waals surface area contributed by atoms with Gasteiger partial charge in [0.1, 0.15) is 17.2 Å². The molecule has 0 atom stereocenters. The lowest BCUT2D eigenvalue weighted by atomic mass is 10.1. The quantitative estimate of drug-likeness (QED) is 0.402. The Morgan fingerprint density at radius 2 is 1.37 bits per heavy atom.